The smallest absolute Gasteiger partial charge is 0.164 e. The molecule has 0 amide bonds. The van der Waals surface area contributed by atoms with Crippen LogP contribution in [0, 0.1) is 18.3 Å². The van der Waals surface area contributed by atoms with Crippen molar-refractivity contribution in [2.75, 3.05) is 39.5 Å². The second kappa shape index (κ2) is 7.66. The number of nitriles is 1. The second-order valence-electron chi connectivity index (χ2n) is 8.77. The predicted molar refractivity (Wildman–Crippen MR) is 120 cm³/mol. The van der Waals surface area contributed by atoms with Gasteiger partial charge in [0.05, 0.1) is 67.4 Å². The van der Waals surface area contributed by atoms with Gasteiger partial charge < -0.3 is 15.0 Å². The van der Waals surface area contributed by atoms with Gasteiger partial charge in [-0.1, -0.05) is 11.6 Å². The average molecular weight is 441 g/mol. The van der Waals surface area contributed by atoms with Gasteiger partial charge in [-0.05, 0) is 26.8 Å². The molecule has 0 spiro atoms. The van der Waals surface area contributed by atoms with Crippen molar-refractivity contribution < 1.29 is 9.22 Å². The fourth-order valence-corrected chi connectivity index (χ4v) is 4.95. The first kappa shape index (κ1) is 21.3. The minimum atomic E-state index is -0.237. The van der Waals surface area contributed by atoms with Crippen molar-refractivity contribution in [1.29, 1.82) is 5.26 Å². The molecule has 1 saturated heterocycles. The normalized spacial score (nSPS) is 16.7. The van der Waals surface area contributed by atoms with Crippen LogP contribution in [-0.4, -0.2) is 58.0 Å². The number of halogens is 1. The highest BCUT2D eigenvalue weighted by molar-refractivity contribution is 6.32. The van der Waals surface area contributed by atoms with Crippen molar-refractivity contribution in [3.8, 4) is 11.8 Å². The van der Waals surface area contributed by atoms with Gasteiger partial charge >= 0.3 is 0 Å². The number of nitrogens with zero attached hydrogens (tertiary/aromatic N) is 6. The van der Waals surface area contributed by atoms with E-state index in [-0.39, 0.29) is 12.0 Å². The lowest BCUT2D eigenvalue weighted by Gasteiger charge is -2.45. The monoisotopic (exact) mass is 440 g/mol. The van der Waals surface area contributed by atoms with E-state index in [2.05, 4.69) is 30.1 Å². The number of fused-ring (bicyclic) bond motifs is 1. The van der Waals surface area contributed by atoms with Gasteiger partial charge in [0.1, 0.15) is 24.0 Å². The van der Waals surface area contributed by atoms with Gasteiger partial charge in [-0.25, -0.2) is 14.6 Å². The molecule has 1 unspecified atom stereocenters. The van der Waals surface area contributed by atoms with Crippen LogP contribution in [0.2, 0.25) is 5.02 Å². The Bertz CT molecular complexity index is 1200. The first-order valence-electron chi connectivity index (χ1n) is 10.3. The first-order valence-corrected chi connectivity index (χ1v) is 10.7. The maximum absolute atomic E-state index is 9.87. The molecule has 0 radical (unpaired) electrons. The quantitative estimate of drug-likeness (QED) is 0.609. The zero-order chi connectivity index (χ0) is 22.5. The summed E-state index contributed by atoms with van der Waals surface area (Å²) in [5, 5.41) is 15.7. The molecular weight excluding hydrogens is 414 g/mol. The third-order valence-corrected chi connectivity index (χ3v) is 6.34. The maximum Gasteiger partial charge on any atom is 0.164 e. The van der Waals surface area contributed by atoms with Gasteiger partial charge in [-0.3, -0.25) is 0 Å². The van der Waals surface area contributed by atoms with E-state index in [4.69, 9.17) is 27.2 Å². The number of quaternary nitrogens is 1. The van der Waals surface area contributed by atoms with Crippen molar-refractivity contribution in [3.05, 3.63) is 39.8 Å². The number of nitrogens with two attached hydrogens (primary N) is 1. The lowest BCUT2D eigenvalue weighted by atomic mass is 9.84. The number of hydrogen-bond acceptors (Lipinski definition) is 6. The molecule has 1 fully saturated rings. The Morgan fingerprint density at radius 2 is 2.10 bits per heavy atom. The molecule has 0 saturated carbocycles. The average Bonchev–Trinajstić information content (AvgIpc) is 3.04. The van der Waals surface area contributed by atoms with Crippen LogP contribution in [0.25, 0.3) is 11.0 Å². The van der Waals surface area contributed by atoms with Crippen molar-refractivity contribution in [2.24, 2.45) is 0 Å². The molecule has 1 aliphatic rings. The van der Waals surface area contributed by atoms with Crippen LogP contribution >= 0.6 is 11.6 Å². The van der Waals surface area contributed by atoms with Crippen LogP contribution in [0.15, 0.2) is 12.4 Å². The van der Waals surface area contributed by atoms with Crippen LogP contribution in [0.1, 0.15) is 48.2 Å². The SMILES string of the molecule is CCOc1c(C(C)n2nc(C)c3c(N)ncnc32)cc(Cl)c(C#N)c1C1C[N+](C)(C)C1. The van der Waals surface area contributed by atoms with E-state index in [1.807, 2.05) is 31.5 Å². The molecule has 3 aromatic rings. The number of hydrogen-bond donors (Lipinski definition) is 1. The number of ether oxygens (including phenoxy) is 1. The van der Waals surface area contributed by atoms with Gasteiger partial charge in [0.15, 0.2) is 5.65 Å². The number of likely N-dealkylation sites (tertiary alicyclic amines) is 1. The molecular formula is C22H27ClN7O+. The van der Waals surface area contributed by atoms with Crippen molar-refractivity contribution in [1.82, 2.24) is 19.7 Å². The molecule has 0 aliphatic carbocycles. The largest absolute Gasteiger partial charge is 0.493 e. The number of aryl methyl sites for hydroxylation is 1. The Morgan fingerprint density at radius 1 is 1.39 bits per heavy atom. The summed E-state index contributed by atoms with van der Waals surface area (Å²) in [6.45, 7) is 8.20. The molecule has 3 heterocycles. The Balaban J connectivity index is 1.92. The van der Waals surface area contributed by atoms with Crippen molar-refractivity contribution in [3.63, 3.8) is 0 Å². The van der Waals surface area contributed by atoms with Crippen LogP contribution in [0.5, 0.6) is 5.75 Å². The fraction of sp³-hybridized carbons (Fsp3) is 0.455. The summed E-state index contributed by atoms with van der Waals surface area (Å²) in [5.41, 5.74) is 9.77. The summed E-state index contributed by atoms with van der Waals surface area (Å²) in [4.78, 5) is 8.52. The molecule has 4 rings (SSSR count). The number of aromatic nitrogens is 4. The lowest BCUT2D eigenvalue weighted by Crippen LogP contribution is -2.56. The lowest BCUT2D eigenvalue weighted by molar-refractivity contribution is -0.932. The molecule has 1 aliphatic heterocycles. The summed E-state index contributed by atoms with van der Waals surface area (Å²) in [6, 6.07) is 3.90. The summed E-state index contributed by atoms with van der Waals surface area (Å²) in [7, 11) is 4.36. The highest BCUT2D eigenvalue weighted by Gasteiger charge is 2.42. The van der Waals surface area contributed by atoms with Gasteiger partial charge in [-0.15, -0.1) is 0 Å². The van der Waals surface area contributed by atoms with E-state index in [0.717, 1.165) is 45.5 Å². The molecule has 2 N–H and O–H groups in total. The molecule has 1 aromatic carbocycles. The van der Waals surface area contributed by atoms with Gasteiger partial charge in [0.25, 0.3) is 0 Å². The first-order chi connectivity index (χ1) is 14.7. The number of rotatable bonds is 5. The Hall–Kier alpha value is -2.89. The number of anilines is 1. The zero-order valence-corrected chi connectivity index (χ0v) is 19.2. The van der Waals surface area contributed by atoms with Gasteiger partial charge in [0, 0.05) is 11.1 Å². The highest BCUT2D eigenvalue weighted by Crippen LogP contribution is 2.45. The number of benzene rings is 1. The third-order valence-electron chi connectivity index (χ3n) is 6.05. The summed E-state index contributed by atoms with van der Waals surface area (Å²) < 4.78 is 8.89. The van der Waals surface area contributed by atoms with Gasteiger partial charge in [-0.2, -0.15) is 10.4 Å². The third kappa shape index (κ3) is 3.48. The Kier molecular flexibility index (Phi) is 5.28. The molecule has 8 nitrogen and oxygen atoms in total. The molecule has 1 atom stereocenters. The minimum absolute atomic E-state index is 0.213. The number of nitrogen functional groups attached to an aromatic ring is 1. The van der Waals surface area contributed by atoms with E-state index in [0.29, 0.717) is 28.7 Å². The Labute approximate surface area is 186 Å². The fourth-order valence-electron chi connectivity index (χ4n) is 4.68. The van der Waals surface area contributed by atoms with E-state index >= 15 is 0 Å². The number of likely N-dealkylation sites (N-methyl/N-ethyl adjacent to an activating group) is 1. The second-order valence-corrected chi connectivity index (χ2v) is 9.18. The molecule has 31 heavy (non-hydrogen) atoms. The molecule has 0 bridgehead atoms. The summed E-state index contributed by atoms with van der Waals surface area (Å²) in [6.07, 6.45) is 1.44. The predicted octanol–water partition coefficient (Wildman–Crippen LogP) is 3.42. The van der Waals surface area contributed by atoms with Crippen molar-refractivity contribution in [2.45, 2.75) is 32.7 Å². The maximum atomic E-state index is 9.87. The van der Waals surface area contributed by atoms with Crippen LogP contribution in [0.3, 0.4) is 0 Å². The van der Waals surface area contributed by atoms with Crippen LogP contribution in [-0.2, 0) is 0 Å². The minimum Gasteiger partial charge on any atom is -0.493 e. The summed E-state index contributed by atoms with van der Waals surface area (Å²) in [5.74, 6) is 1.34. The van der Waals surface area contributed by atoms with Crippen molar-refractivity contribution >= 4 is 28.5 Å². The van der Waals surface area contributed by atoms with E-state index in [9.17, 15) is 5.26 Å². The zero-order valence-electron chi connectivity index (χ0n) is 18.5. The molecule has 162 valence electrons. The van der Waals surface area contributed by atoms with Crippen LogP contribution in [0.4, 0.5) is 5.82 Å². The Morgan fingerprint density at radius 3 is 2.71 bits per heavy atom. The molecule has 9 heteroatoms. The van der Waals surface area contributed by atoms with E-state index in [1.165, 1.54) is 6.33 Å². The van der Waals surface area contributed by atoms with E-state index < -0.39 is 0 Å². The van der Waals surface area contributed by atoms with Gasteiger partial charge in [0.2, 0.25) is 0 Å². The standard InChI is InChI=1S/C22H27ClN7O/c1-6-31-20-15(7-17(23)16(8-24)19(20)14-9-30(4,5)10-14)13(3)29-22-18(12(2)28-29)21(25)26-11-27-22/h7,11,13-14H,6,9-10H2,1-5H3,(H2,25,26,27)/q+1. The highest BCUT2D eigenvalue weighted by atomic mass is 35.5. The topological polar surface area (TPSA) is 103 Å². The van der Waals surface area contributed by atoms with Crippen LogP contribution < -0.4 is 10.5 Å². The summed E-state index contributed by atoms with van der Waals surface area (Å²) >= 11 is 6.62. The van der Waals surface area contributed by atoms with E-state index in [1.54, 1.807) is 0 Å². The molecule has 2 aromatic heterocycles.